The van der Waals surface area contributed by atoms with E-state index in [0.29, 0.717) is 62.3 Å². The lowest BCUT2D eigenvalue weighted by atomic mass is 9.88. The van der Waals surface area contributed by atoms with Crippen LogP contribution in [-0.4, -0.2) is 152 Å². The number of piperidine rings is 4. The summed E-state index contributed by atoms with van der Waals surface area (Å²) in [5.74, 6) is -0.433. The number of alkyl halides is 12. The molecule has 8 heterocycles. The minimum Gasteiger partial charge on any atom is -0.444 e. The van der Waals surface area contributed by atoms with Crippen LogP contribution >= 0.6 is 23.2 Å². The van der Waals surface area contributed by atoms with Crippen LogP contribution in [-0.2, 0) is 19.1 Å². The number of carbonyl (C=O) groups is 4. The number of anilines is 11. The largest absolute Gasteiger partial charge is 0.573 e. The molecule has 8 aromatic rings. The van der Waals surface area contributed by atoms with Gasteiger partial charge in [0, 0.05) is 89.3 Å². The minimum atomic E-state index is -4.93. The van der Waals surface area contributed by atoms with Crippen molar-refractivity contribution in [2.24, 2.45) is 11.8 Å². The molecule has 4 unspecified atom stereocenters. The van der Waals surface area contributed by atoms with E-state index in [2.05, 4.69) is 102 Å². The Labute approximate surface area is 809 Å². The number of nitrogen functional groups attached to an aromatic ring is 5. The van der Waals surface area contributed by atoms with E-state index >= 15 is 0 Å². The van der Waals surface area contributed by atoms with E-state index in [-0.39, 0.29) is 120 Å². The Hall–Kier alpha value is -14.0. The third-order valence-corrected chi connectivity index (χ3v) is 23.1. The van der Waals surface area contributed by atoms with Crippen LogP contribution in [0.1, 0.15) is 202 Å². The van der Waals surface area contributed by atoms with Gasteiger partial charge in [0.25, 0.3) is 17.1 Å². The summed E-state index contributed by atoms with van der Waals surface area (Å²) in [6, 6.07) is 18.9. The molecule has 140 heavy (non-hydrogen) atoms. The highest BCUT2D eigenvalue weighted by Crippen LogP contribution is 2.45. The summed E-state index contributed by atoms with van der Waals surface area (Å²) in [7, 11) is 0. The Morgan fingerprint density at radius 2 is 0.800 bits per heavy atom. The quantitative estimate of drug-likeness (QED) is 0.0134. The number of nitrogens with two attached hydrogens (primary N) is 5. The van der Waals surface area contributed by atoms with Crippen molar-refractivity contribution < 1.29 is 100 Å². The number of nitrogens with one attached hydrogen (secondary N) is 4. The summed E-state index contributed by atoms with van der Waals surface area (Å²) in [4.78, 5) is 95.0. The van der Waals surface area contributed by atoms with E-state index in [0.717, 1.165) is 126 Å². The molecule has 4 atom stereocenters. The highest BCUT2D eigenvalue weighted by atomic mass is 35.5. The second-order valence-electron chi connectivity index (χ2n) is 34.7. The number of amides is 3. The Bertz CT molecular complexity index is 5730. The van der Waals surface area contributed by atoms with Gasteiger partial charge in [0.1, 0.15) is 90.2 Å². The standard InChI is InChI=1S/C24H27F3N6O2.C22H25F3N6O3.C17H17F3N6O.C17H21F3N2O3.C7H11ClO.C5H3ClN4/c1-29-20-21(28)30-14-31-22(20)33-11-5-8-17(13-33)16-9-10-19(35-24(25,26)27)18(12-16)32-23(34)15-6-3-2-4-7-15;1-21(2,3)34-20(32)30-15-10-13(7-8-16(15)33-22(23,24)25)14-6-5-9-31(11-14)19-17(27-4)18(26)28-12-29-19;1-23-14-15(22)24-9-25-16(14)26-6-2-3-11(8-26)10-4-5-13(12(21)7-10)27-17(18,19)20;1-16(2,3)25-15(23)22-13-9-11(12-5-4-8-21-10-12)6-7-14(13)24-17(18,19)20;8-7(9)6-4-2-1-3-5-6;6-4-3(1-7)5(8)10-2-9-4/h9-10,12,14-15,17H,2-8,11,13H2,(H,32,34)(H2,28,30,31);7-8,10,12,14H,5-6,9,11H2,1-3H3,(H,30,32)(H2,26,28,29);4-5,7,9,11H,2-3,6,8,21H2,(H2,22,24,25);6-7,9,12,21H,1,4-5,8,10H2,2-3H3;6H,1-5H2;2H,(H2,8,9,10)/p+1. The molecule has 48 heteroatoms. The number of nitrogens with zero attached hydrogens (tertiary/aromatic N) is 15. The van der Waals surface area contributed by atoms with Gasteiger partial charge in [-0.2, -0.15) is 5.26 Å². The normalized spacial score (nSPS) is 17.5. The summed E-state index contributed by atoms with van der Waals surface area (Å²) in [5.41, 5.74) is 30.0. The first kappa shape index (κ1) is 110. The van der Waals surface area contributed by atoms with Crippen LogP contribution in [0, 0.1) is 49.8 Å². The van der Waals surface area contributed by atoms with Crippen molar-refractivity contribution in [3.63, 3.8) is 0 Å². The van der Waals surface area contributed by atoms with Crippen molar-refractivity contribution in [3.8, 4) is 29.1 Å². The zero-order valence-electron chi connectivity index (χ0n) is 76.8. The van der Waals surface area contributed by atoms with Gasteiger partial charge in [0.15, 0.2) is 28.2 Å². The van der Waals surface area contributed by atoms with Crippen molar-refractivity contribution in [1.82, 2.24) is 45.2 Å². The van der Waals surface area contributed by atoms with E-state index in [1.54, 1.807) is 65.0 Å². The van der Waals surface area contributed by atoms with Gasteiger partial charge < -0.3 is 82.4 Å². The van der Waals surface area contributed by atoms with Gasteiger partial charge in [-0.3, -0.25) is 20.2 Å². The molecule has 0 bridgehead atoms. The lowest BCUT2D eigenvalue weighted by Gasteiger charge is -2.34. The predicted octanol–water partition coefficient (Wildman–Crippen LogP) is 21.3. The number of benzene rings is 4. The minimum absolute atomic E-state index is 0.0145. The van der Waals surface area contributed by atoms with Gasteiger partial charge in [0.05, 0.1) is 42.5 Å². The van der Waals surface area contributed by atoms with Gasteiger partial charge in [-0.25, -0.2) is 64.0 Å². The molecule has 4 saturated heterocycles. The maximum absolute atomic E-state index is 13.0. The molecular formula is C92H105Cl2F12N24O10+. The lowest BCUT2D eigenvalue weighted by Crippen LogP contribution is -2.35. The van der Waals surface area contributed by atoms with E-state index in [4.69, 9.17) is 86.3 Å². The summed E-state index contributed by atoms with van der Waals surface area (Å²) in [6.07, 6.45) is 0.545. The maximum Gasteiger partial charge on any atom is 0.573 e. The number of hydrogen-bond donors (Lipinski definition) is 9. The molecule has 4 aliphatic heterocycles. The molecule has 14 rings (SSSR count). The Balaban J connectivity index is 0.000000197. The van der Waals surface area contributed by atoms with E-state index in [1.807, 2.05) is 14.7 Å². The molecule has 34 nitrogen and oxygen atoms in total. The fourth-order valence-electron chi connectivity index (χ4n) is 16.2. The second-order valence-corrected chi connectivity index (χ2v) is 35.4. The zero-order chi connectivity index (χ0) is 103. The van der Waals surface area contributed by atoms with Gasteiger partial charge in [-0.05, 0) is 193 Å². The van der Waals surface area contributed by atoms with Crippen LogP contribution in [0.5, 0.6) is 23.0 Å². The van der Waals surface area contributed by atoms with Crippen LogP contribution in [0.2, 0.25) is 5.15 Å². The number of aromatic nitrogens is 8. The zero-order valence-corrected chi connectivity index (χ0v) is 78.3. The van der Waals surface area contributed by atoms with Crippen molar-refractivity contribution in [1.29, 1.82) is 5.26 Å². The van der Waals surface area contributed by atoms with Crippen molar-refractivity contribution in [3.05, 3.63) is 172 Å². The van der Waals surface area contributed by atoms with Crippen molar-refractivity contribution >= 4 is 127 Å². The second kappa shape index (κ2) is 49.5. The summed E-state index contributed by atoms with van der Waals surface area (Å²) in [6.45, 7) is 38.9. The fourth-order valence-corrected chi connectivity index (χ4v) is 16.6. The molecule has 6 fully saturated rings. The number of halogens is 14. The van der Waals surface area contributed by atoms with Crippen LogP contribution in [0.4, 0.5) is 143 Å². The van der Waals surface area contributed by atoms with Crippen LogP contribution < -0.4 is 83.6 Å². The highest BCUT2D eigenvalue weighted by Gasteiger charge is 2.39. The number of hydrogen-bond acceptors (Lipinski definition) is 28. The van der Waals surface area contributed by atoms with Gasteiger partial charge >= 0.3 is 37.6 Å². The molecule has 0 radical (unpaired) electrons. The fraction of sp³-hybridized carbons (Fsp3) is 0.467. The van der Waals surface area contributed by atoms with Crippen molar-refractivity contribution in [2.45, 2.75) is 211 Å². The number of rotatable bonds is 17. The lowest BCUT2D eigenvalue weighted by molar-refractivity contribution is -0.275. The molecule has 2 aliphatic carbocycles. The summed E-state index contributed by atoms with van der Waals surface area (Å²) in [5, 5.41) is 19.0. The average Bonchev–Trinajstić information content (AvgIpc) is 0.972. The predicted molar refractivity (Wildman–Crippen MR) is 501 cm³/mol. The third-order valence-electron chi connectivity index (χ3n) is 22.5. The number of carbonyl (C=O) groups excluding carboxylic acids is 4. The smallest absolute Gasteiger partial charge is 0.444 e. The SMILES string of the molecule is N#Cc1c(N)ncnc1Cl.O=C(Cl)C1CCCCC1.[C-]#[N+]c1c(N)ncnc1N1CCCC(c2ccc(OC(F)(F)F)c(N)c2)C1.[C-]#[N+]c1c(N)ncnc1N1CCCC(c2ccc(OC(F)(F)F)c(NC(=O)C3CCCCC3)c2)C1.[C-]#[N+]c1c(N)ncnc1N1CCCC(c2ccc(OC(F)(F)F)c(NC(=O)OC(C)(C)C)c2)C1.[CH2+]C(C)(C)OC(=O)Nc1cc(C2CCCNC2)ccc1OC(F)(F)F. The molecule has 14 N–H and O–H groups in total. The molecule has 6 aliphatic rings. The van der Waals surface area contributed by atoms with Gasteiger partial charge in [0.2, 0.25) is 16.8 Å². The van der Waals surface area contributed by atoms with Crippen molar-refractivity contribution in [2.75, 3.05) is 112 Å². The van der Waals surface area contributed by atoms with Gasteiger partial charge in [-0.15, -0.1) is 52.7 Å². The van der Waals surface area contributed by atoms with E-state index in [1.165, 1.54) is 93.1 Å². The Morgan fingerprint density at radius 1 is 0.457 bits per heavy atom. The van der Waals surface area contributed by atoms with E-state index in [9.17, 15) is 71.9 Å². The van der Waals surface area contributed by atoms with Crippen LogP contribution in [0.25, 0.3) is 14.5 Å². The summed E-state index contributed by atoms with van der Waals surface area (Å²) < 4.78 is 179. The van der Waals surface area contributed by atoms with Crippen LogP contribution in [0.15, 0.2) is 98.1 Å². The number of nitriles is 1. The molecule has 4 aromatic heterocycles. The van der Waals surface area contributed by atoms with Crippen LogP contribution in [0.3, 0.4) is 0 Å². The molecule has 750 valence electrons. The molecular weight excluding hydrogens is 1900 g/mol. The molecule has 2 saturated carbocycles. The summed E-state index contributed by atoms with van der Waals surface area (Å²) >= 11 is 10.8. The monoisotopic (exact) mass is 2000 g/mol. The Morgan fingerprint density at radius 3 is 1.13 bits per heavy atom. The molecule has 3 amide bonds. The first-order valence-corrected chi connectivity index (χ1v) is 45.0. The molecule has 4 aromatic carbocycles. The number of ether oxygens (including phenoxy) is 6. The average molecular weight is 2010 g/mol. The third kappa shape index (κ3) is 34.3. The topological polar surface area (TPSA) is 452 Å². The van der Waals surface area contributed by atoms with E-state index < -0.39 is 71.8 Å². The maximum atomic E-state index is 13.0. The van der Waals surface area contributed by atoms with Gasteiger partial charge in [-0.1, -0.05) is 74.4 Å². The highest BCUT2D eigenvalue weighted by molar-refractivity contribution is 6.64. The first-order valence-electron chi connectivity index (χ1n) is 44.2. The first-order chi connectivity index (χ1) is 66.0. The molecule has 0 spiro atoms. The Kier molecular flexibility index (Phi) is 38.8.